The molecule has 2 atom stereocenters. The van der Waals surface area contributed by atoms with Crippen LogP contribution in [0.2, 0.25) is 0 Å². The predicted octanol–water partition coefficient (Wildman–Crippen LogP) is 3.34. The van der Waals surface area contributed by atoms with Crippen LogP contribution in [-0.4, -0.2) is 22.1 Å². The second-order valence-electron chi connectivity index (χ2n) is 7.14. The van der Waals surface area contributed by atoms with Crippen molar-refractivity contribution in [1.29, 1.82) is 0 Å². The first-order chi connectivity index (χ1) is 12.2. The molecular weight excluding hydrogens is 312 g/mol. The molecule has 0 saturated heterocycles. The predicted molar refractivity (Wildman–Crippen MR) is 96.9 cm³/mol. The van der Waals surface area contributed by atoms with Gasteiger partial charge in [-0.15, -0.1) is 0 Å². The van der Waals surface area contributed by atoms with Crippen LogP contribution in [0.15, 0.2) is 42.5 Å². The van der Waals surface area contributed by atoms with Crippen molar-refractivity contribution in [2.75, 3.05) is 0 Å². The number of carbonyl (C=O) groups is 1. The standard InChI is InChI=1S/C21H20N2O2/c24-21(25)18-11-16-15-6-1-2-7-17(15)22-20(16)19(23-18)14-9-8-12-4-3-5-13(12)10-14/h1-2,6-10,18-19,22-23H,3-5,11H2,(H,24,25). The lowest BCUT2D eigenvalue weighted by Crippen LogP contribution is -2.45. The van der Waals surface area contributed by atoms with Crippen molar-refractivity contribution in [3.05, 3.63) is 70.4 Å². The number of H-pyrrole nitrogens is 1. The third-order valence-electron chi connectivity index (χ3n) is 5.67. The molecule has 1 aliphatic carbocycles. The Bertz CT molecular complexity index is 989. The SMILES string of the molecule is O=C(O)C1Cc2c([nH]c3ccccc23)C(c2ccc3c(c2)CCC3)N1. The minimum Gasteiger partial charge on any atom is -0.480 e. The molecule has 4 heteroatoms. The van der Waals surface area contributed by atoms with Crippen LogP contribution >= 0.6 is 0 Å². The average molecular weight is 332 g/mol. The topological polar surface area (TPSA) is 65.1 Å². The fourth-order valence-corrected chi connectivity index (χ4v) is 4.43. The summed E-state index contributed by atoms with van der Waals surface area (Å²) >= 11 is 0. The molecule has 0 saturated carbocycles. The van der Waals surface area contributed by atoms with E-state index in [-0.39, 0.29) is 6.04 Å². The molecular formula is C21H20N2O2. The summed E-state index contributed by atoms with van der Waals surface area (Å²) in [6.45, 7) is 0. The van der Waals surface area contributed by atoms with E-state index in [2.05, 4.69) is 40.6 Å². The molecule has 5 rings (SSSR count). The summed E-state index contributed by atoms with van der Waals surface area (Å²) in [7, 11) is 0. The second kappa shape index (κ2) is 5.46. The highest BCUT2D eigenvalue weighted by molar-refractivity contribution is 5.87. The summed E-state index contributed by atoms with van der Waals surface area (Å²) in [5, 5.41) is 14.1. The van der Waals surface area contributed by atoms with Crippen molar-refractivity contribution in [3.8, 4) is 0 Å². The number of carboxylic acid groups (broad SMARTS) is 1. The van der Waals surface area contributed by atoms with Gasteiger partial charge in [0.2, 0.25) is 0 Å². The van der Waals surface area contributed by atoms with Crippen molar-refractivity contribution in [1.82, 2.24) is 10.3 Å². The van der Waals surface area contributed by atoms with E-state index in [4.69, 9.17) is 0 Å². The number of aromatic nitrogens is 1. The Kier molecular flexibility index (Phi) is 3.22. The maximum absolute atomic E-state index is 11.7. The van der Waals surface area contributed by atoms with Crippen LogP contribution in [0.1, 0.15) is 40.4 Å². The molecule has 1 aliphatic heterocycles. The van der Waals surface area contributed by atoms with Gasteiger partial charge in [0.25, 0.3) is 0 Å². The molecule has 0 fully saturated rings. The van der Waals surface area contributed by atoms with E-state index in [0.29, 0.717) is 6.42 Å². The maximum atomic E-state index is 11.7. The van der Waals surface area contributed by atoms with Crippen LogP contribution in [0, 0.1) is 0 Å². The van der Waals surface area contributed by atoms with Crippen molar-refractivity contribution < 1.29 is 9.90 Å². The maximum Gasteiger partial charge on any atom is 0.321 e. The van der Waals surface area contributed by atoms with Crippen LogP contribution in [0.4, 0.5) is 0 Å². The third kappa shape index (κ3) is 2.29. The second-order valence-corrected chi connectivity index (χ2v) is 7.14. The van der Waals surface area contributed by atoms with Gasteiger partial charge in [-0.1, -0.05) is 36.4 Å². The lowest BCUT2D eigenvalue weighted by atomic mass is 9.89. The van der Waals surface area contributed by atoms with Gasteiger partial charge in [0, 0.05) is 23.0 Å². The average Bonchev–Trinajstić information content (AvgIpc) is 3.24. The Balaban J connectivity index is 1.67. The number of benzene rings is 2. The smallest absolute Gasteiger partial charge is 0.321 e. The van der Waals surface area contributed by atoms with Crippen molar-refractivity contribution in [3.63, 3.8) is 0 Å². The molecule has 1 aromatic heterocycles. The molecule has 2 aliphatic rings. The number of hydrogen-bond donors (Lipinski definition) is 3. The summed E-state index contributed by atoms with van der Waals surface area (Å²) in [6, 6.07) is 14.1. The van der Waals surface area contributed by atoms with E-state index in [1.807, 2.05) is 12.1 Å². The van der Waals surface area contributed by atoms with Gasteiger partial charge in [-0.2, -0.15) is 0 Å². The molecule has 4 nitrogen and oxygen atoms in total. The van der Waals surface area contributed by atoms with E-state index in [9.17, 15) is 9.90 Å². The van der Waals surface area contributed by atoms with Gasteiger partial charge in [0.15, 0.2) is 0 Å². The number of rotatable bonds is 2. The number of nitrogens with one attached hydrogen (secondary N) is 2. The van der Waals surface area contributed by atoms with Gasteiger partial charge < -0.3 is 10.1 Å². The summed E-state index contributed by atoms with van der Waals surface area (Å²) < 4.78 is 0. The van der Waals surface area contributed by atoms with Gasteiger partial charge in [-0.25, -0.2) is 0 Å². The number of aromatic amines is 1. The Labute approximate surface area is 145 Å². The van der Waals surface area contributed by atoms with Gasteiger partial charge in [0.1, 0.15) is 6.04 Å². The highest BCUT2D eigenvalue weighted by atomic mass is 16.4. The monoisotopic (exact) mass is 332 g/mol. The summed E-state index contributed by atoms with van der Waals surface area (Å²) in [4.78, 5) is 15.2. The van der Waals surface area contributed by atoms with E-state index >= 15 is 0 Å². The fraction of sp³-hybridized carbons (Fsp3) is 0.286. The van der Waals surface area contributed by atoms with E-state index < -0.39 is 12.0 Å². The normalized spacial score (nSPS) is 21.9. The molecule has 0 spiro atoms. The van der Waals surface area contributed by atoms with Crippen LogP contribution < -0.4 is 5.32 Å². The lowest BCUT2D eigenvalue weighted by Gasteiger charge is -2.30. The largest absolute Gasteiger partial charge is 0.480 e. The van der Waals surface area contributed by atoms with Gasteiger partial charge in [-0.05, 0) is 47.6 Å². The number of carboxylic acids is 1. The molecule has 0 bridgehead atoms. The summed E-state index contributed by atoms with van der Waals surface area (Å²) in [5.41, 5.74) is 7.32. The minimum atomic E-state index is -0.790. The Morgan fingerprint density at radius 3 is 2.80 bits per heavy atom. The van der Waals surface area contributed by atoms with Crippen molar-refractivity contribution in [2.45, 2.75) is 37.8 Å². The zero-order valence-electron chi connectivity index (χ0n) is 13.9. The molecule has 3 aromatic rings. The number of para-hydroxylation sites is 1. The fourth-order valence-electron chi connectivity index (χ4n) is 4.43. The molecule has 0 radical (unpaired) electrons. The summed E-state index contributed by atoms with van der Waals surface area (Å²) in [5.74, 6) is -0.790. The van der Waals surface area contributed by atoms with E-state index in [1.54, 1.807) is 0 Å². The number of hydrogen-bond acceptors (Lipinski definition) is 2. The van der Waals surface area contributed by atoms with E-state index in [1.165, 1.54) is 17.5 Å². The molecule has 0 amide bonds. The number of aryl methyl sites for hydroxylation is 2. The first kappa shape index (κ1) is 14.7. The summed E-state index contributed by atoms with van der Waals surface area (Å²) in [6.07, 6.45) is 4.00. The molecule has 25 heavy (non-hydrogen) atoms. The highest BCUT2D eigenvalue weighted by Crippen LogP contribution is 2.36. The number of fused-ring (bicyclic) bond motifs is 4. The molecule has 2 heterocycles. The molecule has 3 N–H and O–H groups in total. The highest BCUT2D eigenvalue weighted by Gasteiger charge is 2.34. The Morgan fingerprint density at radius 1 is 1.08 bits per heavy atom. The first-order valence-corrected chi connectivity index (χ1v) is 8.91. The Hall–Kier alpha value is -2.59. The number of aliphatic carboxylic acids is 1. The first-order valence-electron chi connectivity index (χ1n) is 8.91. The van der Waals surface area contributed by atoms with E-state index in [0.717, 1.165) is 40.6 Å². The van der Waals surface area contributed by atoms with Gasteiger partial charge >= 0.3 is 5.97 Å². The lowest BCUT2D eigenvalue weighted by molar-refractivity contribution is -0.139. The van der Waals surface area contributed by atoms with Crippen molar-refractivity contribution in [2.24, 2.45) is 0 Å². The van der Waals surface area contributed by atoms with Crippen LogP contribution in [-0.2, 0) is 24.1 Å². The zero-order valence-corrected chi connectivity index (χ0v) is 13.9. The molecule has 2 aromatic carbocycles. The molecule has 126 valence electrons. The van der Waals surface area contributed by atoms with Crippen molar-refractivity contribution >= 4 is 16.9 Å². The van der Waals surface area contributed by atoms with Crippen LogP contribution in [0.25, 0.3) is 10.9 Å². The minimum absolute atomic E-state index is 0.108. The third-order valence-corrected chi connectivity index (χ3v) is 5.67. The van der Waals surface area contributed by atoms with Gasteiger partial charge in [-0.3, -0.25) is 10.1 Å². The van der Waals surface area contributed by atoms with Gasteiger partial charge in [0.05, 0.1) is 6.04 Å². The van der Waals surface area contributed by atoms with Crippen LogP contribution in [0.5, 0.6) is 0 Å². The molecule has 2 unspecified atom stereocenters. The Morgan fingerprint density at radius 2 is 1.92 bits per heavy atom. The quantitative estimate of drug-likeness (QED) is 0.674. The van der Waals surface area contributed by atoms with Crippen LogP contribution in [0.3, 0.4) is 0 Å². The zero-order chi connectivity index (χ0) is 17.0.